The van der Waals surface area contributed by atoms with E-state index in [4.69, 9.17) is 11.6 Å². The number of nitrogens with one attached hydrogen (secondary N) is 1. The van der Waals surface area contributed by atoms with Crippen molar-refractivity contribution in [3.05, 3.63) is 94.8 Å². The van der Waals surface area contributed by atoms with Crippen molar-refractivity contribution in [3.63, 3.8) is 0 Å². The number of benzene rings is 3. The second-order valence-electron chi connectivity index (χ2n) is 10.4. The molecule has 0 saturated carbocycles. The van der Waals surface area contributed by atoms with Crippen LogP contribution >= 0.6 is 11.6 Å². The summed E-state index contributed by atoms with van der Waals surface area (Å²) in [5, 5.41) is 3.37. The normalized spacial score (nSPS) is 13.3. The fourth-order valence-corrected chi connectivity index (χ4v) is 4.73. The Bertz CT molecular complexity index is 1310. The van der Waals surface area contributed by atoms with Gasteiger partial charge in [-0.15, -0.1) is 0 Å². The minimum atomic E-state index is -0.373. The Morgan fingerprint density at radius 2 is 1.52 bits per heavy atom. The molecule has 0 atom stereocenters. The van der Waals surface area contributed by atoms with Crippen molar-refractivity contribution < 1.29 is 18.8 Å². The molecule has 1 aliphatic heterocycles. The van der Waals surface area contributed by atoms with Gasteiger partial charge in [-0.1, -0.05) is 37.6 Å². The van der Waals surface area contributed by atoms with Crippen LogP contribution < -0.4 is 10.2 Å². The van der Waals surface area contributed by atoms with E-state index in [0.717, 1.165) is 18.8 Å². The first-order valence-corrected chi connectivity index (χ1v) is 13.8. The van der Waals surface area contributed by atoms with Gasteiger partial charge in [0.1, 0.15) is 12.4 Å². The third-order valence-electron chi connectivity index (χ3n) is 6.73. The molecule has 3 aromatic rings. The minimum Gasteiger partial charge on any atom is -0.368 e. The molecule has 1 N–H and O–H groups in total. The van der Waals surface area contributed by atoms with Crippen molar-refractivity contribution in [1.82, 2.24) is 9.80 Å². The number of hydrogen-bond donors (Lipinski definition) is 1. The van der Waals surface area contributed by atoms with Gasteiger partial charge in [-0.2, -0.15) is 0 Å². The zero-order valence-corrected chi connectivity index (χ0v) is 23.5. The third-order valence-corrected chi connectivity index (χ3v) is 6.98. The molecule has 40 heavy (non-hydrogen) atoms. The first kappa shape index (κ1) is 29.1. The third kappa shape index (κ3) is 8.05. The number of carbonyl (C=O) groups excluding carboxylic acids is 3. The SMILES string of the molecule is CC(C)CC(=O)N1CCN(c2ccc(NC(=O)CN(Cc3ccc(F)cc3)C(=O)c3ccc(Cl)cc3)cc2)CC1. The summed E-state index contributed by atoms with van der Waals surface area (Å²) >= 11 is 5.97. The fourth-order valence-electron chi connectivity index (χ4n) is 4.61. The highest BCUT2D eigenvalue weighted by Gasteiger charge is 2.22. The molecule has 3 aromatic carbocycles. The molecular weight excluding hydrogens is 531 g/mol. The Hall–Kier alpha value is -3.91. The highest BCUT2D eigenvalue weighted by molar-refractivity contribution is 6.30. The van der Waals surface area contributed by atoms with E-state index in [1.807, 2.05) is 29.2 Å². The number of anilines is 2. The Morgan fingerprint density at radius 3 is 2.12 bits per heavy atom. The van der Waals surface area contributed by atoms with E-state index in [1.165, 1.54) is 17.0 Å². The van der Waals surface area contributed by atoms with Crippen LogP contribution in [-0.4, -0.2) is 60.2 Å². The maximum atomic E-state index is 13.4. The summed E-state index contributed by atoms with van der Waals surface area (Å²) in [4.78, 5) is 44.2. The lowest BCUT2D eigenvalue weighted by molar-refractivity contribution is -0.132. The zero-order valence-electron chi connectivity index (χ0n) is 22.8. The van der Waals surface area contributed by atoms with E-state index in [9.17, 15) is 18.8 Å². The summed E-state index contributed by atoms with van der Waals surface area (Å²) in [6.07, 6.45) is 0.570. The molecule has 1 heterocycles. The Labute approximate surface area is 239 Å². The Morgan fingerprint density at radius 1 is 0.900 bits per heavy atom. The summed E-state index contributed by atoms with van der Waals surface area (Å²) in [7, 11) is 0. The highest BCUT2D eigenvalue weighted by Crippen LogP contribution is 2.21. The number of halogens is 2. The largest absolute Gasteiger partial charge is 0.368 e. The van der Waals surface area contributed by atoms with E-state index in [2.05, 4.69) is 24.1 Å². The van der Waals surface area contributed by atoms with Crippen LogP contribution in [0.4, 0.5) is 15.8 Å². The van der Waals surface area contributed by atoms with Crippen LogP contribution in [0.15, 0.2) is 72.8 Å². The topological polar surface area (TPSA) is 73.0 Å². The van der Waals surface area contributed by atoms with Crippen molar-refractivity contribution in [2.75, 3.05) is 42.9 Å². The van der Waals surface area contributed by atoms with Crippen LogP contribution in [0.3, 0.4) is 0 Å². The zero-order chi connectivity index (χ0) is 28.6. The number of rotatable bonds is 9. The first-order chi connectivity index (χ1) is 19.2. The van der Waals surface area contributed by atoms with Crippen molar-refractivity contribution >= 4 is 40.7 Å². The van der Waals surface area contributed by atoms with Gasteiger partial charge >= 0.3 is 0 Å². The lowest BCUT2D eigenvalue weighted by Crippen LogP contribution is -2.49. The van der Waals surface area contributed by atoms with E-state index in [-0.39, 0.29) is 36.6 Å². The van der Waals surface area contributed by atoms with Crippen molar-refractivity contribution in [2.45, 2.75) is 26.8 Å². The fraction of sp³-hybridized carbons (Fsp3) is 0.323. The number of nitrogens with zero attached hydrogens (tertiary/aromatic N) is 3. The van der Waals surface area contributed by atoms with Gasteiger partial charge in [-0.05, 0) is 72.1 Å². The van der Waals surface area contributed by atoms with Gasteiger partial charge in [0.05, 0.1) is 0 Å². The molecule has 7 nitrogen and oxygen atoms in total. The summed E-state index contributed by atoms with van der Waals surface area (Å²) in [5.41, 5.74) is 2.73. The van der Waals surface area contributed by atoms with Crippen molar-refractivity contribution in [2.24, 2.45) is 5.92 Å². The van der Waals surface area contributed by atoms with Gasteiger partial charge in [-0.25, -0.2) is 4.39 Å². The lowest BCUT2D eigenvalue weighted by atomic mass is 10.1. The van der Waals surface area contributed by atoms with Crippen LogP contribution in [0, 0.1) is 11.7 Å². The van der Waals surface area contributed by atoms with Gasteiger partial charge in [0.2, 0.25) is 11.8 Å². The summed E-state index contributed by atoms with van der Waals surface area (Å²) in [5.74, 6) is -0.511. The molecular formula is C31H34ClFN4O3. The van der Waals surface area contributed by atoms with E-state index >= 15 is 0 Å². The van der Waals surface area contributed by atoms with E-state index in [1.54, 1.807) is 36.4 Å². The van der Waals surface area contributed by atoms with Crippen LogP contribution in [0.5, 0.6) is 0 Å². The highest BCUT2D eigenvalue weighted by atomic mass is 35.5. The van der Waals surface area contributed by atoms with Crippen LogP contribution in [-0.2, 0) is 16.1 Å². The van der Waals surface area contributed by atoms with Crippen LogP contribution in [0.2, 0.25) is 5.02 Å². The van der Waals surface area contributed by atoms with Crippen LogP contribution in [0.25, 0.3) is 0 Å². The smallest absolute Gasteiger partial charge is 0.254 e. The summed E-state index contributed by atoms with van der Waals surface area (Å²) < 4.78 is 13.4. The quantitative estimate of drug-likeness (QED) is 0.375. The average Bonchev–Trinajstić information content (AvgIpc) is 2.94. The van der Waals surface area contributed by atoms with Gasteiger partial charge in [0.25, 0.3) is 5.91 Å². The molecule has 0 bridgehead atoms. The molecule has 4 rings (SSSR count). The summed E-state index contributed by atoms with van der Waals surface area (Å²) in [6.45, 7) is 6.93. The van der Waals surface area contributed by atoms with Crippen molar-refractivity contribution in [1.29, 1.82) is 0 Å². The minimum absolute atomic E-state index is 0.139. The monoisotopic (exact) mass is 564 g/mol. The second-order valence-corrected chi connectivity index (χ2v) is 10.8. The van der Waals surface area contributed by atoms with Crippen molar-refractivity contribution in [3.8, 4) is 0 Å². The predicted molar refractivity (Wildman–Crippen MR) is 156 cm³/mol. The average molecular weight is 565 g/mol. The van der Waals surface area contributed by atoms with Gasteiger partial charge in [0, 0.05) is 61.1 Å². The Balaban J connectivity index is 1.37. The van der Waals surface area contributed by atoms with Gasteiger partial charge < -0.3 is 20.0 Å². The second kappa shape index (κ2) is 13.4. The predicted octanol–water partition coefficient (Wildman–Crippen LogP) is 5.45. The first-order valence-electron chi connectivity index (χ1n) is 13.4. The molecule has 0 unspecified atom stereocenters. The number of amides is 3. The molecule has 9 heteroatoms. The Kier molecular flexibility index (Phi) is 9.77. The molecule has 210 valence electrons. The standard InChI is InChI=1S/C31H34ClFN4O3/c1-22(2)19-30(39)36-17-15-35(16-18-36)28-13-11-27(12-14-28)34-29(38)21-37(20-23-3-9-26(33)10-4-23)31(40)24-5-7-25(32)8-6-24/h3-14,22H,15-21H2,1-2H3,(H,34,38). The number of hydrogen-bond acceptors (Lipinski definition) is 4. The molecule has 0 radical (unpaired) electrons. The molecule has 1 saturated heterocycles. The number of piperazine rings is 1. The number of carbonyl (C=O) groups is 3. The maximum Gasteiger partial charge on any atom is 0.254 e. The van der Waals surface area contributed by atoms with Gasteiger partial charge in [0.15, 0.2) is 0 Å². The van der Waals surface area contributed by atoms with E-state index < -0.39 is 0 Å². The van der Waals surface area contributed by atoms with Gasteiger partial charge in [-0.3, -0.25) is 14.4 Å². The van der Waals surface area contributed by atoms with E-state index in [0.29, 0.717) is 47.3 Å². The van der Waals surface area contributed by atoms with Crippen LogP contribution in [0.1, 0.15) is 36.2 Å². The lowest BCUT2D eigenvalue weighted by Gasteiger charge is -2.36. The molecule has 1 aliphatic rings. The maximum absolute atomic E-state index is 13.4. The molecule has 0 spiro atoms. The molecule has 0 aliphatic carbocycles. The molecule has 0 aromatic heterocycles. The molecule has 3 amide bonds. The molecule has 1 fully saturated rings. The summed E-state index contributed by atoms with van der Waals surface area (Å²) in [6, 6.07) is 19.8.